The van der Waals surface area contributed by atoms with Crippen LogP contribution in [0.4, 0.5) is 0 Å². The highest BCUT2D eigenvalue weighted by molar-refractivity contribution is 9.28. The van der Waals surface area contributed by atoms with Crippen LogP contribution >= 0.6 is 55.0 Å². The van der Waals surface area contributed by atoms with Crippen molar-refractivity contribution in [1.82, 2.24) is 0 Å². The first-order valence-corrected chi connectivity index (χ1v) is 28.7. The Bertz CT molecular complexity index is 1160. The number of ether oxygens (including phenoxy) is 2. The van der Waals surface area contributed by atoms with Crippen LogP contribution in [-0.2, 0) is 19.1 Å². The Kier molecular flexibility index (Phi) is 33.5. The van der Waals surface area contributed by atoms with Crippen LogP contribution in [0.2, 0.25) is 0 Å². The predicted molar refractivity (Wildman–Crippen MR) is 271 cm³/mol. The smallest absolute Gasteiger partial charge is 0.330 e. The van der Waals surface area contributed by atoms with Gasteiger partial charge in [0.05, 0.1) is 13.2 Å². The van der Waals surface area contributed by atoms with Crippen LogP contribution in [0.15, 0.2) is 23.6 Å². The molecule has 2 atom stereocenters. The summed E-state index contributed by atoms with van der Waals surface area (Å²) in [5.41, 5.74) is -1.62. The molecule has 0 fully saturated rings. The highest BCUT2D eigenvalue weighted by Crippen LogP contribution is 2.65. The quantitative estimate of drug-likeness (QED) is 0.0283. The van der Waals surface area contributed by atoms with Gasteiger partial charge in [0.15, 0.2) is 2.57 Å². The van der Waals surface area contributed by atoms with Crippen molar-refractivity contribution in [2.24, 2.45) is 17.3 Å². The molecule has 348 valence electrons. The van der Waals surface area contributed by atoms with Crippen molar-refractivity contribution in [1.29, 1.82) is 0 Å². The second kappa shape index (κ2) is 36.0. The monoisotopic (exact) mass is 1000 g/mol. The number of carbonyl (C=O) groups is 2. The maximum atomic E-state index is 14.1. The number of thioether (sulfide) groups is 1. The molecular formula is C52H90Br2O4S2. The summed E-state index contributed by atoms with van der Waals surface area (Å²) in [6.45, 7) is 9.80. The van der Waals surface area contributed by atoms with Crippen molar-refractivity contribution in [3.63, 3.8) is 0 Å². The van der Waals surface area contributed by atoms with E-state index < -0.39 is 19.9 Å². The van der Waals surface area contributed by atoms with Gasteiger partial charge in [-0.05, 0) is 42.2 Å². The molecule has 1 aromatic heterocycles. The van der Waals surface area contributed by atoms with Gasteiger partial charge >= 0.3 is 11.9 Å². The third-order valence-electron chi connectivity index (χ3n) is 12.8. The van der Waals surface area contributed by atoms with Gasteiger partial charge in [-0.15, -0.1) is 11.3 Å². The average molecular weight is 1000 g/mol. The number of unbranched alkanes of at least 4 members (excludes halogenated alkanes) is 22. The Labute approximate surface area is 395 Å². The zero-order chi connectivity index (χ0) is 43.6. The lowest BCUT2D eigenvalue weighted by molar-refractivity contribution is -0.167. The summed E-state index contributed by atoms with van der Waals surface area (Å²) in [6.07, 6.45) is 45.7. The summed E-state index contributed by atoms with van der Waals surface area (Å²) in [6, 6.07) is 4.02. The maximum absolute atomic E-state index is 14.1. The Balaban J connectivity index is 1.86. The van der Waals surface area contributed by atoms with Crippen molar-refractivity contribution >= 4 is 71.8 Å². The Morgan fingerprint density at radius 1 is 0.517 bits per heavy atom. The first kappa shape index (κ1) is 55.8. The number of carbonyl (C=O) groups excluding carboxylic acids is 2. The van der Waals surface area contributed by atoms with Crippen LogP contribution in [0.3, 0.4) is 0 Å². The van der Waals surface area contributed by atoms with Crippen molar-refractivity contribution in [2.45, 2.75) is 249 Å². The lowest BCUT2D eigenvalue weighted by Gasteiger charge is -2.32. The van der Waals surface area contributed by atoms with Gasteiger partial charge < -0.3 is 9.47 Å². The molecule has 1 aromatic rings. The fourth-order valence-electron chi connectivity index (χ4n) is 8.85. The van der Waals surface area contributed by atoms with E-state index in [1.807, 2.05) is 17.5 Å². The number of hydrogen-bond donors (Lipinski definition) is 0. The standard InChI is InChI=1S/C52H90Br2O4S2/c1-5-9-13-17-19-27-36-45(34-25-15-11-7-3)38-29-21-23-31-41-57-49(55)51(44-48(60-52(51,53)54)47-40-33-43-59-47)50(56)58-42-32-24-22-30-39-46(35-26-16-12-8-4)37-28-20-18-14-10-6-2/h33,40,43-46H,5-32,34-39,41-42H2,1-4H3. The SMILES string of the molecule is CCCCCCCCC(CCCCCC)CCCCCCOC(=O)C1(C(=O)OCCCCCCC(CCCCCC)CCCCCCCC)C=C(c2cccs2)SC1(Br)Br. The number of rotatable bonds is 41. The molecule has 0 aliphatic carbocycles. The van der Waals surface area contributed by atoms with E-state index in [1.165, 1.54) is 192 Å². The van der Waals surface area contributed by atoms with Crippen LogP contribution < -0.4 is 0 Å². The summed E-state index contributed by atoms with van der Waals surface area (Å²) >= 11 is 10.5. The topological polar surface area (TPSA) is 52.6 Å². The highest BCUT2D eigenvalue weighted by atomic mass is 79.9. The molecule has 1 aliphatic rings. The normalized spacial score (nSPS) is 17.1. The number of halogens is 2. The number of thiophene rings is 1. The molecule has 0 aromatic carbocycles. The molecule has 2 unspecified atom stereocenters. The fraction of sp³-hybridized carbons (Fsp3) is 0.846. The molecule has 0 spiro atoms. The molecule has 2 heterocycles. The number of esters is 2. The van der Waals surface area contributed by atoms with Gasteiger partial charge in [0.1, 0.15) is 0 Å². The summed E-state index contributed by atoms with van der Waals surface area (Å²) in [5.74, 6) is 0.622. The highest BCUT2D eigenvalue weighted by Gasteiger charge is 2.65. The number of hydrogen-bond acceptors (Lipinski definition) is 6. The van der Waals surface area contributed by atoms with Crippen LogP contribution in [0.5, 0.6) is 0 Å². The third-order valence-corrected chi connectivity index (χ3v) is 17.2. The van der Waals surface area contributed by atoms with E-state index in [-0.39, 0.29) is 0 Å². The Morgan fingerprint density at radius 3 is 1.20 bits per heavy atom. The van der Waals surface area contributed by atoms with Gasteiger partial charge in [0, 0.05) is 9.78 Å². The van der Waals surface area contributed by atoms with E-state index in [0.717, 1.165) is 60.1 Å². The molecular weight excluding hydrogens is 913 g/mol. The first-order chi connectivity index (χ1) is 29.2. The minimum atomic E-state index is -1.62. The Hall–Kier alpha value is -0.310. The molecule has 2 rings (SSSR count). The second-order valence-corrected chi connectivity index (χ2v) is 24.8. The minimum absolute atomic E-state index is 0.313. The third kappa shape index (κ3) is 23.0. The maximum Gasteiger partial charge on any atom is 0.330 e. The zero-order valence-electron chi connectivity index (χ0n) is 39.1. The van der Waals surface area contributed by atoms with Crippen molar-refractivity contribution < 1.29 is 19.1 Å². The summed E-state index contributed by atoms with van der Waals surface area (Å²) in [7, 11) is 0. The van der Waals surface area contributed by atoms with E-state index in [4.69, 9.17) is 9.47 Å². The van der Waals surface area contributed by atoms with Crippen LogP contribution in [0.1, 0.15) is 251 Å². The van der Waals surface area contributed by atoms with Gasteiger partial charge in [-0.2, -0.15) is 0 Å². The first-order valence-electron chi connectivity index (χ1n) is 25.4. The number of alkyl halides is 2. The summed E-state index contributed by atoms with van der Waals surface area (Å²) < 4.78 is 10.8. The molecule has 4 nitrogen and oxygen atoms in total. The lowest BCUT2D eigenvalue weighted by Crippen LogP contribution is -2.48. The van der Waals surface area contributed by atoms with Crippen LogP contribution in [-0.4, -0.2) is 27.7 Å². The summed E-state index contributed by atoms with van der Waals surface area (Å²) in [4.78, 5) is 30.1. The largest absolute Gasteiger partial charge is 0.465 e. The zero-order valence-corrected chi connectivity index (χ0v) is 43.9. The second-order valence-electron chi connectivity index (χ2n) is 18.1. The van der Waals surface area contributed by atoms with Crippen molar-refractivity contribution in [3.05, 3.63) is 28.5 Å². The molecule has 60 heavy (non-hydrogen) atoms. The van der Waals surface area contributed by atoms with E-state index in [0.29, 0.717) is 13.2 Å². The van der Waals surface area contributed by atoms with Gasteiger partial charge in [0.25, 0.3) is 0 Å². The molecule has 1 aliphatic heterocycles. The lowest BCUT2D eigenvalue weighted by atomic mass is 9.89. The van der Waals surface area contributed by atoms with E-state index in [1.54, 1.807) is 17.4 Å². The van der Waals surface area contributed by atoms with Gasteiger partial charge in [-0.1, -0.05) is 283 Å². The summed E-state index contributed by atoms with van der Waals surface area (Å²) in [5, 5.41) is 2.02. The molecule has 0 N–H and O–H groups in total. The van der Waals surface area contributed by atoms with Crippen molar-refractivity contribution in [2.75, 3.05) is 13.2 Å². The van der Waals surface area contributed by atoms with Gasteiger partial charge in [0.2, 0.25) is 5.41 Å². The average Bonchev–Trinajstić information content (AvgIpc) is 3.88. The van der Waals surface area contributed by atoms with E-state index in [2.05, 4.69) is 59.6 Å². The van der Waals surface area contributed by atoms with Gasteiger partial charge in [-0.3, -0.25) is 9.59 Å². The fourth-order valence-corrected chi connectivity index (χ4v) is 12.7. The minimum Gasteiger partial charge on any atom is -0.465 e. The molecule has 8 heteroatoms. The molecule has 0 radical (unpaired) electrons. The van der Waals surface area contributed by atoms with Crippen LogP contribution in [0.25, 0.3) is 4.91 Å². The molecule has 0 saturated carbocycles. The van der Waals surface area contributed by atoms with Crippen LogP contribution in [0, 0.1) is 17.3 Å². The van der Waals surface area contributed by atoms with Crippen molar-refractivity contribution in [3.8, 4) is 0 Å². The molecule has 0 bridgehead atoms. The van der Waals surface area contributed by atoms with E-state index in [9.17, 15) is 9.59 Å². The predicted octanol–water partition coefficient (Wildman–Crippen LogP) is 18.9. The van der Waals surface area contributed by atoms with E-state index >= 15 is 0 Å². The molecule has 0 amide bonds. The Morgan fingerprint density at radius 2 is 0.850 bits per heavy atom. The molecule has 0 saturated heterocycles. The van der Waals surface area contributed by atoms with Gasteiger partial charge in [-0.25, -0.2) is 0 Å².